The number of nitrogens with one attached hydrogen (secondary N) is 2. The van der Waals surface area contributed by atoms with Gasteiger partial charge in [0, 0.05) is 11.6 Å². The van der Waals surface area contributed by atoms with Gasteiger partial charge in [0.05, 0.1) is 0 Å². The molecule has 1 heterocycles. The monoisotopic (exact) mass is 222 g/mol. The molecule has 1 rings (SSSR count). The van der Waals surface area contributed by atoms with Crippen molar-refractivity contribution in [2.75, 3.05) is 0 Å². The Morgan fingerprint density at radius 3 is 2.54 bits per heavy atom. The van der Waals surface area contributed by atoms with Gasteiger partial charge in [-0.2, -0.15) is 5.43 Å². The standard InChI is InChI=1S/C7H12Cl2N4/c1-7(2,3)12-13-10-5(8)4-6(9)11-13/h4,10,12H,1-3H3. The quantitative estimate of drug-likeness (QED) is 0.665. The van der Waals surface area contributed by atoms with Gasteiger partial charge in [-0.05, 0) is 20.8 Å². The van der Waals surface area contributed by atoms with Crippen LogP contribution in [-0.4, -0.2) is 15.9 Å². The molecule has 0 unspecified atom stereocenters. The van der Waals surface area contributed by atoms with Crippen molar-refractivity contribution in [3.8, 4) is 0 Å². The summed E-state index contributed by atoms with van der Waals surface area (Å²) in [5.41, 5.74) is 5.72. The summed E-state index contributed by atoms with van der Waals surface area (Å²) in [6.07, 6.45) is 1.53. The topological polar surface area (TPSA) is 39.7 Å². The normalized spacial score (nSPS) is 17.8. The predicted octanol–water partition coefficient (Wildman–Crippen LogP) is 1.74. The van der Waals surface area contributed by atoms with Crippen molar-refractivity contribution in [2.24, 2.45) is 5.10 Å². The molecule has 0 aromatic rings. The van der Waals surface area contributed by atoms with E-state index in [-0.39, 0.29) is 5.54 Å². The van der Waals surface area contributed by atoms with Crippen molar-refractivity contribution in [1.82, 2.24) is 16.1 Å². The Balaban J connectivity index is 2.61. The summed E-state index contributed by atoms with van der Waals surface area (Å²) in [5.74, 6) is 0. The molecule has 6 heteroatoms. The summed E-state index contributed by atoms with van der Waals surface area (Å²) in [5, 5.41) is 6.11. The second kappa shape index (κ2) is 3.74. The highest BCUT2D eigenvalue weighted by Crippen LogP contribution is 2.09. The maximum atomic E-state index is 5.74. The SMILES string of the molecule is CC(C)(C)NN1N=C(Cl)C=C(Cl)N1. The number of hydrazone groups is 1. The first-order chi connectivity index (χ1) is 5.87. The van der Waals surface area contributed by atoms with Crippen LogP contribution in [-0.2, 0) is 0 Å². The third-order valence-electron chi connectivity index (χ3n) is 1.10. The number of hydrogen-bond acceptors (Lipinski definition) is 4. The number of rotatable bonds is 1. The Hall–Kier alpha value is -0.450. The molecule has 13 heavy (non-hydrogen) atoms. The van der Waals surface area contributed by atoms with E-state index in [1.54, 1.807) is 0 Å². The highest BCUT2D eigenvalue weighted by atomic mass is 35.5. The number of hydrazine groups is 2. The van der Waals surface area contributed by atoms with E-state index in [0.717, 1.165) is 0 Å². The van der Waals surface area contributed by atoms with Crippen molar-refractivity contribution in [1.29, 1.82) is 0 Å². The summed E-state index contributed by atoms with van der Waals surface area (Å²) >= 11 is 11.4. The molecule has 0 aliphatic carbocycles. The third-order valence-corrected chi connectivity index (χ3v) is 1.47. The lowest BCUT2D eigenvalue weighted by Crippen LogP contribution is -2.53. The molecule has 0 fully saturated rings. The fourth-order valence-corrected chi connectivity index (χ4v) is 1.18. The van der Waals surface area contributed by atoms with Crippen LogP contribution in [0.5, 0.6) is 0 Å². The van der Waals surface area contributed by atoms with Gasteiger partial charge in [-0.1, -0.05) is 23.2 Å². The lowest BCUT2D eigenvalue weighted by molar-refractivity contribution is 0.0892. The minimum Gasteiger partial charge on any atom is -0.256 e. The van der Waals surface area contributed by atoms with Crippen LogP contribution in [0.3, 0.4) is 0 Å². The molecular formula is C7H12Cl2N4. The van der Waals surface area contributed by atoms with Crippen molar-refractivity contribution in [3.63, 3.8) is 0 Å². The number of halogens is 2. The van der Waals surface area contributed by atoms with Crippen LogP contribution in [0, 0.1) is 0 Å². The maximum absolute atomic E-state index is 5.74. The largest absolute Gasteiger partial charge is 0.256 e. The Labute approximate surface area is 87.5 Å². The number of allylic oxidation sites excluding steroid dienone is 1. The molecule has 74 valence electrons. The van der Waals surface area contributed by atoms with Gasteiger partial charge in [0.25, 0.3) is 0 Å². The highest BCUT2D eigenvalue weighted by Gasteiger charge is 2.16. The summed E-state index contributed by atoms with van der Waals surface area (Å²) in [6, 6.07) is 0. The Morgan fingerprint density at radius 2 is 2.08 bits per heavy atom. The van der Waals surface area contributed by atoms with Crippen molar-refractivity contribution in [3.05, 3.63) is 11.2 Å². The molecule has 1 aliphatic rings. The predicted molar refractivity (Wildman–Crippen MR) is 55.1 cm³/mol. The lowest BCUT2D eigenvalue weighted by atomic mass is 10.1. The molecule has 0 spiro atoms. The molecule has 0 atom stereocenters. The summed E-state index contributed by atoms with van der Waals surface area (Å²) in [7, 11) is 0. The van der Waals surface area contributed by atoms with Crippen LogP contribution in [0.1, 0.15) is 20.8 Å². The van der Waals surface area contributed by atoms with Gasteiger partial charge in [0.1, 0.15) is 5.16 Å². The van der Waals surface area contributed by atoms with Gasteiger partial charge in [-0.15, -0.1) is 10.3 Å². The van der Waals surface area contributed by atoms with E-state index in [1.165, 1.54) is 11.3 Å². The van der Waals surface area contributed by atoms with Crippen LogP contribution < -0.4 is 10.9 Å². The fraction of sp³-hybridized carbons (Fsp3) is 0.571. The van der Waals surface area contributed by atoms with Crippen LogP contribution in [0.4, 0.5) is 0 Å². The Bertz CT molecular complexity index is 254. The molecule has 0 aromatic carbocycles. The van der Waals surface area contributed by atoms with Gasteiger partial charge < -0.3 is 0 Å². The van der Waals surface area contributed by atoms with Crippen molar-refractivity contribution < 1.29 is 0 Å². The zero-order valence-electron chi connectivity index (χ0n) is 7.73. The van der Waals surface area contributed by atoms with Crippen LogP contribution in [0.25, 0.3) is 0 Å². The van der Waals surface area contributed by atoms with E-state index >= 15 is 0 Å². The average Bonchev–Trinajstić information content (AvgIpc) is 1.78. The first kappa shape index (κ1) is 10.6. The molecular weight excluding hydrogens is 211 g/mol. The third kappa shape index (κ3) is 3.85. The Kier molecular flexibility index (Phi) is 3.05. The molecule has 0 saturated heterocycles. The fourth-order valence-electron chi connectivity index (χ4n) is 0.758. The average molecular weight is 223 g/mol. The minimum absolute atomic E-state index is 0.109. The smallest absolute Gasteiger partial charge is 0.155 e. The van der Waals surface area contributed by atoms with Gasteiger partial charge in [-0.25, -0.2) is 0 Å². The number of hydrogen-bond donors (Lipinski definition) is 2. The molecule has 0 bridgehead atoms. The maximum Gasteiger partial charge on any atom is 0.155 e. The zero-order valence-corrected chi connectivity index (χ0v) is 9.24. The lowest BCUT2D eigenvalue weighted by Gasteiger charge is -2.30. The first-order valence-electron chi connectivity index (χ1n) is 3.83. The molecule has 1 aliphatic heterocycles. The van der Waals surface area contributed by atoms with Gasteiger partial charge >= 0.3 is 0 Å². The molecule has 0 saturated carbocycles. The Morgan fingerprint density at radius 1 is 1.46 bits per heavy atom. The summed E-state index contributed by atoms with van der Waals surface area (Å²) in [6.45, 7) is 6.01. The molecule has 0 radical (unpaired) electrons. The van der Waals surface area contributed by atoms with E-state index in [9.17, 15) is 0 Å². The molecule has 0 amide bonds. The van der Waals surface area contributed by atoms with Crippen LogP contribution in [0.15, 0.2) is 16.3 Å². The van der Waals surface area contributed by atoms with Crippen LogP contribution >= 0.6 is 23.2 Å². The van der Waals surface area contributed by atoms with Gasteiger partial charge in [0.2, 0.25) is 0 Å². The minimum atomic E-state index is -0.109. The van der Waals surface area contributed by atoms with Crippen molar-refractivity contribution in [2.45, 2.75) is 26.3 Å². The van der Waals surface area contributed by atoms with Gasteiger partial charge in [0.15, 0.2) is 5.17 Å². The van der Waals surface area contributed by atoms with E-state index in [2.05, 4.69) is 16.0 Å². The van der Waals surface area contributed by atoms with Gasteiger partial charge in [-0.3, -0.25) is 5.43 Å². The second-order valence-corrected chi connectivity index (χ2v) is 4.49. The van der Waals surface area contributed by atoms with E-state index in [0.29, 0.717) is 10.3 Å². The van der Waals surface area contributed by atoms with Crippen molar-refractivity contribution >= 4 is 28.4 Å². The summed E-state index contributed by atoms with van der Waals surface area (Å²) in [4.78, 5) is 0. The van der Waals surface area contributed by atoms with E-state index < -0.39 is 0 Å². The molecule has 4 nitrogen and oxygen atoms in total. The molecule has 2 N–H and O–H groups in total. The number of nitrogens with zero attached hydrogens (tertiary/aromatic N) is 2. The highest BCUT2D eigenvalue weighted by molar-refractivity contribution is 6.69. The zero-order chi connectivity index (χ0) is 10.1. The molecule has 0 aromatic heterocycles. The first-order valence-corrected chi connectivity index (χ1v) is 4.58. The second-order valence-electron chi connectivity index (χ2n) is 3.70. The van der Waals surface area contributed by atoms with E-state index in [1.807, 2.05) is 20.8 Å². The van der Waals surface area contributed by atoms with E-state index in [4.69, 9.17) is 23.2 Å². The summed E-state index contributed by atoms with van der Waals surface area (Å²) < 4.78 is 0. The van der Waals surface area contributed by atoms with Crippen LogP contribution in [0.2, 0.25) is 0 Å².